The maximum absolute atomic E-state index is 12.0. The van der Waals surface area contributed by atoms with E-state index in [1.807, 2.05) is 6.92 Å². The van der Waals surface area contributed by atoms with Crippen LogP contribution in [0, 0.1) is 13.8 Å². The molecule has 5 heteroatoms. The van der Waals surface area contributed by atoms with Gasteiger partial charge in [-0.2, -0.15) is 0 Å². The summed E-state index contributed by atoms with van der Waals surface area (Å²) in [7, 11) is 0. The first-order chi connectivity index (χ1) is 9.97. The highest BCUT2D eigenvalue weighted by atomic mass is 32.1. The van der Waals surface area contributed by atoms with E-state index in [1.165, 1.54) is 16.5 Å². The number of aromatic carboxylic acids is 1. The maximum Gasteiger partial charge on any atom is 0.335 e. The van der Waals surface area contributed by atoms with Gasteiger partial charge >= 0.3 is 5.97 Å². The molecule has 0 saturated heterocycles. The lowest BCUT2D eigenvalue weighted by atomic mass is 10.0. The average Bonchev–Trinajstić information content (AvgIpc) is 2.76. The summed E-state index contributed by atoms with van der Waals surface area (Å²) in [5.41, 5.74) is 1.93. The zero-order valence-electron chi connectivity index (χ0n) is 12.0. The van der Waals surface area contributed by atoms with Gasteiger partial charge in [0, 0.05) is 9.75 Å². The first kappa shape index (κ1) is 15.3. The molecule has 0 radical (unpaired) electrons. The van der Waals surface area contributed by atoms with Crippen LogP contribution in [0.5, 0.6) is 0 Å². The molecule has 2 aromatic rings. The van der Waals surface area contributed by atoms with Gasteiger partial charge < -0.3 is 10.4 Å². The van der Waals surface area contributed by atoms with Gasteiger partial charge in [-0.1, -0.05) is 18.2 Å². The molecule has 0 fully saturated rings. The number of carbonyl (C=O) groups is 2. The van der Waals surface area contributed by atoms with Gasteiger partial charge in [-0.05, 0) is 37.1 Å². The highest BCUT2D eigenvalue weighted by molar-refractivity contribution is 7.12. The van der Waals surface area contributed by atoms with Crippen LogP contribution in [0.25, 0.3) is 0 Å². The lowest BCUT2D eigenvalue weighted by Crippen LogP contribution is -2.25. The van der Waals surface area contributed by atoms with Crippen LogP contribution in [0.15, 0.2) is 30.3 Å². The largest absolute Gasteiger partial charge is 0.478 e. The Bertz CT molecular complexity index is 656. The predicted molar refractivity (Wildman–Crippen MR) is 82.7 cm³/mol. The Morgan fingerprint density at radius 2 is 1.95 bits per heavy atom. The van der Waals surface area contributed by atoms with E-state index in [0.717, 1.165) is 4.88 Å². The van der Waals surface area contributed by atoms with Crippen LogP contribution in [0.1, 0.15) is 31.2 Å². The maximum atomic E-state index is 12.0. The van der Waals surface area contributed by atoms with E-state index in [4.69, 9.17) is 5.11 Å². The third-order valence-electron chi connectivity index (χ3n) is 3.28. The smallest absolute Gasteiger partial charge is 0.335 e. The van der Waals surface area contributed by atoms with Crippen molar-refractivity contribution in [1.82, 2.24) is 5.32 Å². The first-order valence-electron chi connectivity index (χ1n) is 6.61. The second-order valence-corrected chi connectivity index (χ2v) is 6.21. The standard InChI is InChI=1S/C16H17NO3S/c1-10-7-13(21-11(10)2)9-17-15(18)8-12-5-3-4-6-14(12)16(19)20/h3-7H,8-9H2,1-2H3,(H,17,18)(H,19,20). The number of aryl methyl sites for hydroxylation is 2. The highest BCUT2D eigenvalue weighted by Crippen LogP contribution is 2.20. The zero-order chi connectivity index (χ0) is 15.4. The molecule has 0 atom stereocenters. The highest BCUT2D eigenvalue weighted by Gasteiger charge is 2.12. The molecule has 1 aromatic carbocycles. The summed E-state index contributed by atoms with van der Waals surface area (Å²) in [5.74, 6) is -1.18. The molecule has 2 rings (SSSR count). The molecule has 0 bridgehead atoms. The van der Waals surface area contributed by atoms with Gasteiger partial charge in [0.25, 0.3) is 0 Å². The van der Waals surface area contributed by atoms with E-state index in [0.29, 0.717) is 12.1 Å². The number of rotatable bonds is 5. The second-order valence-electron chi connectivity index (χ2n) is 4.87. The van der Waals surface area contributed by atoms with Crippen molar-refractivity contribution >= 4 is 23.2 Å². The zero-order valence-corrected chi connectivity index (χ0v) is 12.8. The lowest BCUT2D eigenvalue weighted by molar-refractivity contribution is -0.120. The van der Waals surface area contributed by atoms with Crippen molar-refractivity contribution in [2.45, 2.75) is 26.8 Å². The SMILES string of the molecule is Cc1cc(CNC(=O)Cc2ccccc2C(=O)O)sc1C. The molecule has 0 aliphatic rings. The van der Waals surface area contributed by atoms with Crippen molar-refractivity contribution in [3.05, 3.63) is 56.8 Å². The Hall–Kier alpha value is -2.14. The van der Waals surface area contributed by atoms with Crippen molar-refractivity contribution in [3.8, 4) is 0 Å². The van der Waals surface area contributed by atoms with E-state index >= 15 is 0 Å². The Morgan fingerprint density at radius 3 is 2.57 bits per heavy atom. The fourth-order valence-electron chi connectivity index (χ4n) is 2.04. The lowest BCUT2D eigenvalue weighted by Gasteiger charge is -2.06. The molecule has 1 amide bonds. The minimum absolute atomic E-state index is 0.0752. The van der Waals surface area contributed by atoms with Crippen molar-refractivity contribution in [3.63, 3.8) is 0 Å². The number of benzene rings is 1. The number of thiophene rings is 1. The summed E-state index contributed by atoms with van der Waals surface area (Å²) in [4.78, 5) is 25.4. The summed E-state index contributed by atoms with van der Waals surface area (Å²) < 4.78 is 0. The normalized spacial score (nSPS) is 10.4. The Labute approximate surface area is 127 Å². The van der Waals surface area contributed by atoms with Crippen LogP contribution < -0.4 is 5.32 Å². The van der Waals surface area contributed by atoms with Crippen LogP contribution in [0.2, 0.25) is 0 Å². The molecule has 2 N–H and O–H groups in total. The van der Waals surface area contributed by atoms with Crippen molar-refractivity contribution in [2.24, 2.45) is 0 Å². The topological polar surface area (TPSA) is 66.4 Å². The molecule has 1 heterocycles. The summed E-state index contributed by atoms with van der Waals surface area (Å²) in [6.45, 7) is 4.57. The van der Waals surface area contributed by atoms with E-state index in [-0.39, 0.29) is 17.9 Å². The van der Waals surface area contributed by atoms with E-state index in [1.54, 1.807) is 29.5 Å². The minimum Gasteiger partial charge on any atom is -0.478 e. The second kappa shape index (κ2) is 6.54. The molecule has 110 valence electrons. The van der Waals surface area contributed by atoms with Crippen molar-refractivity contribution in [1.29, 1.82) is 0 Å². The van der Waals surface area contributed by atoms with E-state index < -0.39 is 5.97 Å². The Kier molecular flexibility index (Phi) is 4.75. The molecule has 0 spiro atoms. The number of hydrogen-bond donors (Lipinski definition) is 2. The molecule has 4 nitrogen and oxygen atoms in total. The third-order valence-corrected chi connectivity index (χ3v) is 4.43. The summed E-state index contributed by atoms with van der Waals surface area (Å²) >= 11 is 1.66. The Balaban J connectivity index is 1.97. The van der Waals surface area contributed by atoms with Crippen LogP contribution >= 0.6 is 11.3 Å². The number of amides is 1. The van der Waals surface area contributed by atoms with Gasteiger partial charge in [0.2, 0.25) is 5.91 Å². The van der Waals surface area contributed by atoms with E-state index in [2.05, 4.69) is 18.3 Å². The number of carboxylic acid groups (broad SMARTS) is 1. The number of hydrogen-bond acceptors (Lipinski definition) is 3. The predicted octanol–water partition coefficient (Wildman–Crippen LogP) is 2.92. The fraction of sp³-hybridized carbons (Fsp3) is 0.250. The molecule has 1 aromatic heterocycles. The van der Waals surface area contributed by atoms with Crippen molar-refractivity contribution in [2.75, 3.05) is 0 Å². The van der Waals surface area contributed by atoms with Gasteiger partial charge in [0.1, 0.15) is 0 Å². The summed E-state index contributed by atoms with van der Waals surface area (Å²) in [5, 5.41) is 11.9. The molecular weight excluding hydrogens is 286 g/mol. The van der Waals surface area contributed by atoms with E-state index in [9.17, 15) is 9.59 Å². The van der Waals surface area contributed by atoms with Gasteiger partial charge in [-0.15, -0.1) is 11.3 Å². The fourth-order valence-corrected chi connectivity index (χ4v) is 3.03. The molecule has 0 aliphatic heterocycles. The number of carbonyl (C=O) groups excluding carboxylic acids is 1. The van der Waals surface area contributed by atoms with Gasteiger partial charge in [0.15, 0.2) is 0 Å². The molecule has 21 heavy (non-hydrogen) atoms. The summed E-state index contributed by atoms with van der Waals surface area (Å²) in [6, 6.07) is 8.63. The van der Waals surface area contributed by atoms with Crippen LogP contribution in [-0.4, -0.2) is 17.0 Å². The summed E-state index contributed by atoms with van der Waals surface area (Å²) in [6.07, 6.45) is 0.0752. The number of nitrogens with one attached hydrogen (secondary N) is 1. The molecule has 0 saturated carbocycles. The quantitative estimate of drug-likeness (QED) is 0.892. The monoisotopic (exact) mass is 303 g/mol. The molecular formula is C16H17NO3S. The van der Waals surface area contributed by atoms with Crippen LogP contribution in [0.4, 0.5) is 0 Å². The van der Waals surface area contributed by atoms with Crippen molar-refractivity contribution < 1.29 is 14.7 Å². The molecule has 0 unspecified atom stereocenters. The van der Waals surface area contributed by atoms with Crippen LogP contribution in [0.3, 0.4) is 0 Å². The third kappa shape index (κ3) is 3.92. The van der Waals surface area contributed by atoms with Gasteiger partial charge in [-0.3, -0.25) is 4.79 Å². The Morgan fingerprint density at radius 1 is 1.24 bits per heavy atom. The minimum atomic E-state index is -1.01. The molecule has 0 aliphatic carbocycles. The first-order valence-corrected chi connectivity index (χ1v) is 7.43. The van der Waals surface area contributed by atoms with Gasteiger partial charge in [0.05, 0.1) is 18.5 Å². The van der Waals surface area contributed by atoms with Gasteiger partial charge in [-0.25, -0.2) is 4.79 Å². The number of carboxylic acids is 1. The van der Waals surface area contributed by atoms with Crippen LogP contribution in [-0.2, 0) is 17.8 Å². The average molecular weight is 303 g/mol.